The quantitative estimate of drug-likeness (QED) is 0.830. The first kappa shape index (κ1) is 15.2. The molecule has 2 nitrogen and oxygen atoms in total. The van der Waals surface area contributed by atoms with Crippen LogP contribution < -0.4 is 5.32 Å². The summed E-state index contributed by atoms with van der Waals surface area (Å²) in [7, 11) is 6.44. The number of benzene rings is 1. The molecule has 1 N–H and O–H groups in total. The SMILES string of the molecule is CCC(CC)(C(NC)c1ccc(C)cc1)N(C)C. The van der Waals surface area contributed by atoms with E-state index in [0.717, 1.165) is 12.8 Å². The highest BCUT2D eigenvalue weighted by atomic mass is 15.2. The summed E-state index contributed by atoms with van der Waals surface area (Å²) in [5.41, 5.74) is 2.86. The fraction of sp³-hybridized carbons (Fsp3) is 0.625. The zero-order chi connectivity index (χ0) is 13.8. The van der Waals surface area contributed by atoms with Gasteiger partial charge in [-0.15, -0.1) is 0 Å². The highest BCUT2D eigenvalue weighted by Crippen LogP contribution is 2.35. The minimum Gasteiger partial charge on any atom is -0.311 e. The molecule has 0 aliphatic heterocycles. The Kier molecular flexibility index (Phi) is 5.36. The standard InChI is InChI=1S/C16H28N2/c1-7-16(8-2,18(5)6)15(17-4)14-11-9-13(3)10-12-14/h9-12,15,17H,7-8H2,1-6H3. The van der Waals surface area contributed by atoms with Crippen molar-refractivity contribution in [2.75, 3.05) is 21.1 Å². The van der Waals surface area contributed by atoms with Gasteiger partial charge in [0.05, 0.1) is 6.04 Å². The number of aryl methyl sites for hydroxylation is 1. The average Bonchev–Trinajstić information content (AvgIpc) is 2.37. The molecule has 0 saturated heterocycles. The Morgan fingerprint density at radius 3 is 1.94 bits per heavy atom. The maximum atomic E-state index is 3.52. The molecule has 18 heavy (non-hydrogen) atoms. The third kappa shape index (κ3) is 2.76. The maximum absolute atomic E-state index is 3.52. The predicted molar refractivity (Wildman–Crippen MR) is 80.0 cm³/mol. The number of nitrogens with one attached hydrogen (secondary N) is 1. The summed E-state index contributed by atoms with van der Waals surface area (Å²) in [5, 5.41) is 3.52. The highest BCUT2D eigenvalue weighted by Gasteiger charge is 2.37. The minimum atomic E-state index is 0.171. The molecule has 0 aromatic heterocycles. The fourth-order valence-corrected chi connectivity index (χ4v) is 3.05. The van der Waals surface area contributed by atoms with Crippen LogP contribution in [0.3, 0.4) is 0 Å². The van der Waals surface area contributed by atoms with Gasteiger partial charge in [0.1, 0.15) is 0 Å². The molecule has 1 atom stereocenters. The van der Waals surface area contributed by atoms with Gasteiger partial charge in [-0.2, -0.15) is 0 Å². The fourth-order valence-electron chi connectivity index (χ4n) is 3.05. The largest absolute Gasteiger partial charge is 0.311 e. The first-order valence-corrected chi connectivity index (χ1v) is 6.93. The van der Waals surface area contributed by atoms with Gasteiger partial charge in [-0.05, 0) is 46.5 Å². The van der Waals surface area contributed by atoms with E-state index in [1.54, 1.807) is 0 Å². The Bertz CT molecular complexity index is 350. The normalized spacial score (nSPS) is 13.9. The van der Waals surface area contributed by atoms with Crippen LogP contribution in [0.2, 0.25) is 0 Å². The zero-order valence-electron chi connectivity index (χ0n) is 12.7. The van der Waals surface area contributed by atoms with Crippen LogP contribution in [0.5, 0.6) is 0 Å². The van der Waals surface area contributed by atoms with Crippen molar-refractivity contribution in [3.8, 4) is 0 Å². The zero-order valence-corrected chi connectivity index (χ0v) is 12.7. The van der Waals surface area contributed by atoms with Crippen molar-refractivity contribution in [2.24, 2.45) is 0 Å². The molecule has 0 amide bonds. The topological polar surface area (TPSA) is 15.3 Å². The lowest BCUT2D eigenvalue weighted by atomic mass is 9.79. The van der Waals surface area contributed by atoms with Gasteiger partial charge in [-0.1, -0.05) is 43.7 Å². The summed E-state index contributed by atoms with van der Waals surface area (Å²) in [4.78, 5) is 2.37. The first-order valence-electron chi connectivity index (χ1n) is 6.93. The predicted octanol–water partition coefficient (Wildman–Crippen LogP) is 3.38. The maximum Gasteiger partial charge on any atom is 0.0504 e. The third-order valence-electron chi connectivity index (χ3n) is 4.35. The summed E-state index contributed by atoms with van der Waals surface area (Å²) in [6.07, 6.45) is 2.27. The number of rotatable bonds is 6. The number of likely N-dealkylation sites (N-methyl/N-ethyl adjacent to an activating group) is 2. The highest BCUT2D eigenvalue weighted by molar-refractivity contribution is 5.27. The van der Waals surface area contributed by atoms with Crippen LogP contribution in [0.25, 0.3) is 0 Å². The van der Waals surface area contributed by atoms with E-state index in [1.165, 1.54) is 11.1 Å². The van der Waals surface area contributed by atoms with Gasteiger partial charge in [0, 0.05) is 5.54 Å². The lowest BCUT2D eigenvalue weighted by Crippen LogP contribution is -2.52. The molecule has 2 heteroatoms. The van der Waals surface area contributed by atoms with Gasteiger partial charge < -0.3 is 10.2 Å². The minimum absolute atomic E-state index is 0.171. The number of nitrogens with zero attached hydrogens (tertiary/aromatic N) is 1. The molecule has 0 radical (unpaired) electrons. The Morgan fingerprint density at radius 1 is 1.11 bits per heavy atom. The molecule has 1 unspecified atom stereocenters. The molecular weight excluding hydrogens is 220 g/mol. The van der Waals surface area contributed by atoms with Crippen molar-refractivity contribution >= 4 is 0 Å². The van der Waals surface area contributed by atoms with Crippen molar-refractivity contribution < 1.29 is 0 Å². The summed E-state index contributed by atoms with van der Waals surface area (Å²) >= 11 is 0. The first-order chi connectivity index (χ1) is 8.51. The van der Waals surface area contributed by atoms with Crippen LogP contribution in [0.4, 0.5) is 0 Å². The van der Waals surface area contributed by atoms with Gasteiger partial charge in [0.25, 0.3) is 0 Å². The van der Waals surface area contributed by atoms with Crippen LogP contribution >= 0.6 is 0 Å². The molecule has 0 heterocycles. The van der Waals surface area contributed by atoms with Crippen LogP contribution in [0.1, 0.15) is 43.9 Å². The van der Waals surface area contributed by atoms with Gasteiger partial charge in [0.15, 0.2) is 0 Å². The number of hydrogen-bond acceptors (Lipinski definition) is 2. The molecule has 102 valence electrons. The number of hydrogen-bond donors (Lipinski definition) is 1. The summed E-state index contributed by atoms with van der Waals surface area (Å²) < 4.78 is 0. The van der Waals surface area contributed by atoms with Gasteiger partial charge >= 0.3 is 0 Å². The van der Waals surface area contributed by atoms with E-state index < -0.39 is 0 Å². The second-order valence-corrected chi connectivity index (χ2v) is 5.34. The Morgan fingerprint density at radius 2 is 1.61 bits per heavy atom. The van der Waals surface area contributed by atoms with Crippen molar-refractivity contribution in [1.29, 1.82) is 0 Å². The molecule has 0 spiro atoms. The van der Waals surface area contributed by atoms with Gasteiger partial charge in [-0.3, -0.25) is 0 Å². The molecule has 0 fully saturated rings. The molecule has 0 aliphatic carbocycles. The molecule has 0 saturated carbocycles. The smallest absolute Gasteiger partial charge is 0.0504 e. The Labute approximate surface area is 112 Å². The summed E-state index contributed by atoms with van der Waals surface area (Å²) in [6, 6.07) is 9.26. The Balaban J connectivity index is 3.17. The van der Waals surface area contributed by atoms with Gasteiger partial charge in [-0.25, -0.2) is 0 Å². The van der Waals surface area contributed by atoms with E-state index in [1.807, 2.05) is 0 Å². The van der Waals surface area contributed by atoms with Crippen LogP contribution in [-0.4, -0.2) is 31.6 Å². The average molecular weight is 248 g/mol. The lowest BCUT2D eigenvalue weighted by Gasteiger charge is -2.45. The van der Waals surface area contributed by atoms with Crippen molar-refractivity contribution in [2.45, 2.75) is 45.2 Å². The van der Waals surface area contributed by atoms with E-state index in [9.17, 15) is 0 Å². The van der Waals surface area contributed by atoms with Crippen LogP contribution in [-0.2, 0) is 0 Å². The molecule has 1 rings (SSSR count). The molecular formula is C16H28N2. The monoisotopic (exact) mass is 248 g/mol. The van der Waals surface area contributed by atoms with E-state index in [0.29, 0.717) is 6.04 Å². The lowest BCUT2D eigenvalue weighted by molar-refractivity contribution is 0.0918. The van der Waals surface area contributed by atoms with E-state index >= 15 is 0 Å². The van der Waals surface area contributed by atoms with E-state index in [4.69, 9.17) is 0 Å². The third-order valence-corrected chi connectivity index (χ3v) is 4.35. The van der Waals surface area contributed by atoms with Crippen LogP contribution in [0, 0.1) is 6.92 Å². The Hall–Kier alpha value is -0.860. The van der Waals surface area contributed by atoms with Gasteiger partial charge in [0.2, 0.25) is 0 Å². The summed E-state index contributed by atoms with van der Waals surface area (Å²) in [6.45, 7) is 6.70. The van der Waals surface area contributed by atoms with Crippen LogP contribution in [0.15, 0.2) is 24.3 Å². The van der Waals surface area contributed by atoms with Crippen molar-refractivity contribution in [3.63, 3.8) is 0 Å². The molecule has 1 aromatic carbocycles. The van der Waals surface area contributed by atoms with Crippen molar-refractivity contribution in [3.05, 3.63) is 35.4 Å². The van der Waals surface area contributed by atoms with Crippen molar-refractivity contribution in [1.82, 2.24) is 10.2 Å². The van der Waals surface area contributed by atoms with E-state index in [2.05, 4.69) is 76.4 Å². The van der Waals surface area contributed by atoms with E-state index in [-0.39, 0.29) is 5.54 Å². The molecule has 0 aliphatic rings. The molecule has 0 bridgehead atoms. The second kappa shape index (κ2) is 6.35. The summed E-state index contributed by atoms with van der Waals surface area (Å²) in [5.74, 6) is 0. The second-order valence-electron chi connectivity index (χ2n) is 5.34. The molecule has 1 aromatic rings.